The summed E-state index contributed by atoms with van der Waals surface area (Å²) < 4.78 is 5.27. The lowest BCUT2D eigenvalue weighted by molar-refractivity contribution is 0.316. The largest absolute Gasteiger partial charge is 0.361 e. The molecule has 1 aliphatic carbocycles. The summed E-state index contributed by atoms with van der Waals surface area (Å²) >= 11 is 0. The van der Waals surface area contributed by atoms with Crippen LogP contribution in [-0.4, -0.2) is 27.8 Å². The number of anilines is 2. The standard InChI is InChI=1S/C20H25N5O/c1-13-5-3-4-6-17(13)25-12-24(11-15-9-14(2)26-23-15)18-10-22-20-16(19(18)25)7-8-21-20/h7-10,13,17H,3-6,11-12H2,1-2H3,(H,21,22)/t13-,17+/m1/s1. The van der Waals surface area contributed by atoms with Crippen molar-refractivity contribution < 1.29 is 4.52 Å². The Kier molecular flexibility index (Phi) is 3.65. The molecule has 0 radical (unpaired) electrons. The van der Waals surface area contributed by atoms with Crippen LogP contribution in [0.15, 0.2) is 29.0 Å². The van der Waals surface area contributed by atoms with Gasteiger partial charge < -0.3 is 19.3 Å². The lowest BCUT2D eigenvalue weighted by Crippen LogP contribution is -2.43. The zero-order valence-corrected chi connectivity index (χ0v) is 15.4. The van der Waals surface area contributed by atoms with E-state index in [9.17, 15) is 0 Å². The molecule has 3 aromatic rings. The van der Waals surface area contributed by atoms with Crippen LogP contribution < -0.4 is 9.80 Å². The number of aromatic nitrogens is 3. The highest BCUT2D eigenvalue weighted by Crippen LogP contribution is 2.45. The predicted octanol–water partition coefficient (Wildman–Crippen LogP) is 4.22. The van der Waals surface area contributed by atoms with E-state index in [0.29, 0.717) is 12.0 Å². The third-order valence-corrected chi connectivity index (χ3v) is 5.99. The number of H-pyrrole nitrogens is 1. The zero-order chi connectivity index (χ0) is 17.7. The van der Waals surface area contributed by atoms with Crippen molar-refractivity contribution in [2.24, 2.45) is 5.92 Å². The summed E-state index contributed by atoms with van der Waals surface area (Å²) in [6.45, 7) is 5.99. The van der Waals surface area contributed by atoms with Crippen LogP contribution in [0, 0.1) is 12.8 Å². The van der Waals surface area contributed by atoms with E-state index in [1.165, 1.54) is 42.4 Å². The lowest BCUT2D eigenvalue weighted by atomic mass is 9.85. The van der Waals surface area contributed by atoms with Gasteiger partial charge in [-0.2, -0.15) is 0 Å². The topological polar surface area (TPSA) is 61.2 Å². The molecule has 0 aromatic carbocycles. The molecule has 0 unspecified atom stereocenters. The Morgan fingerprint density at radius 1 is 1.31 bits per heavy atom. The lowest BCUT2D eigenvalue weighted by Gasteiger charge is -2.38. The number of pyridine rings is 1. The van der Waals surface area contributed by atoms with E-state index in [1.54, 1.807) is 0 Å². The van der Waals surface area contributed by atoms with Gasteiger partial charge in [-0.1, -0.05) is 24.9 Å². The fourth-order valence-corrected chi connectivity index (χ4v) is 4.70. The van der Waals surface area contributed by atoms with Gasteiger partial charge >= 0.3 is 0 Å². The SMILES string of the molecule is Cc1cc(CN2CN([C@H]3CCCC[C@H]3C)c3c2cnc2[nH]ccc32)no1. The highest BCUT2D eigenvalue weighted by Gasteiger charge is 2.36. The van der Waals surface area contributed by atoms with Crippen molar-refractivity contribution in [2.75, 3.05) is 16.5 Å². The van der Waals surface area contributed by atoms with Gasteiger partial charge in [-0.05, 0) is 31.7 Å². The Morgan fingerprint density at radius 2 is 2.19 bits per heavy atom. The van der Waals surface area contributed by atoms with E-state index in [4.69, 9.17) is 4.52 Å². The van der Waals surface area contributed by atoms with E-state index in [1.807, 2.05) is 25.4 Å². The highest BCUT2D eigenvalue weighted by molar-refractivity contribution is 5.99. The number of nitrogens with zero attached hydrogens (tertiary/aromatic N) is 4. The Morgan fingerprint density at radius 3 is 3.00 bits per heavy atom. The van der Waals surface area contributed by atoms with Crippen molar-refractivity contribution in [3.8, 4) is 0 Å². The van der Waals surface area contributed by atoms with Crippen LogP contribution in [0.5, 0.6) is 0 Å². The normalized spacial score (nSPS) is 23.0. The van der Waals surface area contributed by atoms with E-state index < -0.39 is 0 Å². The Hall–Kier alpha value is -2.50. The number of fused-ring (bicyclic) bond motifs is 3. The molecule has 1 aliphatic heterocycles. The molecule has 5 rings (SSSR count). The summed E-state index contributed by atoms with van der Waals surface area (Å²) in [5, 5.41) is 5.42. The second-order valence-corrected chi connectivity index (χ2v) is 7.80. The van der Waals surface area contributed by atoms with Gasteiger partial charge in [0.15, 0.2) is 0 Å². The van der Waals surface area contributed by atoms with Gasteiger partial charge in [0.05, 0.1) is 30.8 Å². The molecule has 26 heavy (non-hydrogen) atoms. The number of nitrogens with one attached hydrogen (secondary N) is 1. The van der Waals surface area contributed by atoms with Crippen LogP contribution in [0.1, 0.15) is 44.1 Å². The van der Waals surface area contributed by atoms with Gasteiger partial charge in [-0.15, -0.1) is 0 Å². The number of aryl methyl sites for hydroxylation is 1. The van der Waals surface area contributed by atoms with Crippen LogP contribution >= 0.6 is 0 Å². The molecule has 136 valence electrons. The molecule has 0 saturated heterocycles. The molecule has 6 nitrogen and oxygen atoms in total. The molecule has 1 saturated carbocycles. The maximum atomic E-state index is 5.27. The fraction of sp³-hybridized carbons (Fsp3) is 0.500. The number of hydrogen-bond acceptors (Lipinski definition) is 5. The molecule has 0 spiro atoms. The second-order valence-electron chi connectivity index (χ2n) is 7.80. The van der Waals surface area contributed by atoms with Gasteiger partial charge in [0.25, 0.3) is 0 Å². The van der Waals surface area contributed by atoms with Crippen LogP contribution in [0.2, 0.25) is 0 Å². The first-order valence-electron chi connectivity index (χ1n) is 9.60. The van der Waals surface area contributed by atoms with E-state index >= 15 is 0 Å². The molecule has 1 N–H and O–H groups in total. The van der Waals surface area contributed by atoms with Gasteiger partial charge in [0.2, 0.25) is 0 Å². The zero-order valence-electron chi connectivity index (χ0n) is 15.4. The maximum Gasteiger partial charge on any atom is 0.139 e. The summed E-state index contributed by atoms with van der Waals surface area (Å²) in [5.74, 6) is 1.57. The quantitative estimate of drug-likeness (QED) is 0.765. The second kappa shape index (κ2) is 6.04. The van der Waals surface area contributed by atoms with E-state index in [-0.39, 0.29) is 0 Å². The van der Waals surface area contributed by atoms with Crippen molar-refractivity contribution in [3.63, 3.8) is 0 Å². The average Bonchev–Trinajstić information content (AvgIpc) is 3.34. The van der Waals surface area contributed by atoms with Crippen LogP contribution in [0.3, 0.4) is 0 Å². The van der Waals surface area contributed by atoms with Crippen molar-refractivity contribution in [1.82, 2.24) is 15.1 Å². The smallest absolute Gasteiger partial charge is 0.139 e. The summed E-state index contributed by atoms with van der Waals surface area (Å²) in [7, 11) is 0. The number of hydrogen-bond donors (Lipinski definition) is 1. The first-order valence-corrected chi connectivity index (χ1v) is 9.60. The van der Waals surface area contributed by atoms with Gasteiger partial charge in [0.1, 0.15) is 17.1 Å². The van der Waals surface area contributed by atoms with Gasteiger partial charge in [-0.25, -0.2) is 4.98 Å². The molecular formula is C20H25N5O. The Bertz CT molecular complexity index is 929. The van der Waals surface area contributed by atoms with Gasteiger partial charge in [-0.3, -0.25) is 0 Å². The molecule has 0 amide bonds. The minimum absolute atomic E-state index is 0.590. The monoisotopic (exact) mass is 351 g/mol. The average molecular weight is 351 g/mol. The fourth-order valence-electron chi connectivity index (χ4n) is 4.70. The van der Waals surface area contributed by atoms with Crippen molar-refractivity contribution in [2.45, 2.75) is 52.1 Å². The summed E-state index contributed by atoms with van der Waals surface area (Å²) in [6, 6.07) is 4.77. The third kappa shape index (κ3) is 2.47. The molecule has 3 aromatic heterocycles. The number of aromatic amines is 1. The van der Waals surface area contributed by atoms with Crippen LogP contribution in [0.25, 0.3) is 11.0 Å². The molecule has 1 fully saturated rings. The number of rotatable bonds is 3. The molecule has 0 bridgehead atoms. The van der Waals surface area contributed by atoms with Crippen molar-refractivity contribution in [1.29, 1.82) is 0 Å². The van der Waals surface area contributed by atoms with Crippen molar-refractivity contribution in [3.05, 3.63) is 36.0 Å². The summed E-state index contributed by atoms with van der Waals surface area (Å²) in [6.07, 6.45) is 9.27. The Balaban J connectivity index is 1.56. The minimum atomic E-state index is 0.590. The summed E-state index contributed by atoms with van der Waals surface area (Å²) in [4.78, 5) is 12.9. The Labute approximate surface area is 153 Å². The summed E-state index contributed by atoms with van der Waals surface area (Å²) in [5.41, 5.74) is 4.48. The molecule has 6 heteroatoms. The van der Waals surface area contributed by atoms with Crippen molar-refractivity contribution >= 4 is 22.4 Å². The molecule has 2 aliphatic rings. The minimum Gasteiger partial charge on any atom is -0.361 e. The van der Waals surface area contributed by atoms with Crippen LogP contribution in [0.4, 0.5) is 11.4 Å². The first kappa shape index (κ1) is 15.7. The maximum absolute atomic E-state index is 5.27. The molecule has 4 heterocycles. The first-order chi connectivity index (χ1) is 12.7. The third-order valence-electron chi connectivity index (χ3n) is 5.99. The highest BCUT2D eigenvalue weighted by atomic mass is 16.5. The van der Waals surface area contributed by atoms with E-state index in [2.05, 4.69) is 37.9 Å². The molecule has 2 atom stereocenters. The predicted molar refractivity (Wildman–Crippen MR) is 102 cm³/mol. The van der Waals surface area contributed by atoms with Gasteiger partial charge in [0, 0.05) is 23.7 Å². The molecular weight excluding hydrogens is 326 g/mol. The van der Waals surface area contributed by atoms with Crippen LogP contribution in [-0.2, 0) is 6.54 Å². The van der Waals surface area contributed by atoms with E-state index in [0.717, 1.165) is 30.3 Å².